The van der Waals surface area contributed by atoms with Crippen LogP contribution >= 0.6 is 0 Å². The molecule has 0 bridgehead atoms. The Morgan fingerprint density at radius 3 is 1.60 bits per heavy atom. The van der Waals surface area contributed by atoms with Crippen LogP contribution in [0.2, 0.25) is 0 Å². The van der Waals surface area contributed by atoms with Gasteiger partial charge in [-0.1, -0.05) is 38.8 Å². The highest BCUT2D eigenvalue weighted by Crippen LogP contribution is 2.25. The van der Waals surface area contributed by atoms with Gasteiger partial charge in [-0.2, -0.15) is 0 Å². The van der Waals surface area contributed by atoms with E-state index in [-0.39, 0.29) is 0 Å². The summed E-state index contributed by atoms with van der Waals surface area (Å²) in [5.41, 5.74) is 4.80. The monoisotopic (exact) mass is 268 g/mol. The van der Waals surface area contributed by atoms with Crippen molar-refractivity contribution in [1.29, 1.82) is 0 Å². The number of aromatic nitrogens is 2. The normalized spacial score (nSPS) is 10.7. The lowest BCUT2D eigenvalue weighted by Gasteiger charge is -2.11. The van der Waals surface area contributed by atoms with Crippen molar-refractivity contribution >= 4 is 0 Å². The number of unbranched alkanes of at least 4 members (excludes halogenated alkanes) is 2. The van der Waals surface area contributed by atoms with Crippen LogP contribution in [0.4, 0.5) is 0 Å². The van der Waals surface area contributed by atoms with Gasteiger partial charge in [-0.3, -0.25) is 9.97 Å². The molecule has 0 fully saturated rings. The maximum Gasteiger partial charge on any atom is 0.0920 e. The molecule has 0 unspecified atom stereocenters. The van der Waals surface area contributed by atoms with Gasteiger partial charge in [0, 0.05) is 12.4 Å². The predicted octanol–water partition coefficient (Wildman–Crippen LogP) is 4.83. The summed E-state index contributed by atoms with van der Waals surface area (Å²) in [5, 5.41) is 0. The second kappa shape index (κ2) is 7.78. The van der Waals surface area contributed by atoms with E-state index >= 15 is 0 Å². The zero-order valence-electron chi connectivity index (χ0n) is 12.6. The first-order chi connectivity index (χ1) is 9.86. The molecule has 0 N–H and O–H groups in total. The first-order valence-electron chi connectivity index (χ1n) is 7.75. The summed E-state index contributed by atoms with van der Waals surface area (Å²) in [6.07, 6.45) is 10.8. The van der Waals surface area contributed by atoms with Crippen LogP contribution in [0.5, 0.6) is 0 Å². The Morgan fingerprint density at radius 1 is 0.750 bits per heavy atom. The Bertz CT molecular complexity index is 485. The van der Waals surface area contributed by atoms with Crippen molar-refractivity contribution in [2.24, 2.45) is 0 Å². The van der Waals surface area contributed by atoms with Crippen LogP contribution in [0.3, 0.4) is 0 Å². The summed E-state index contributed by atoms with van der Waals surface area (Å²) in [6.45, 7) is 4.45. The minimum atomic E-state index is 1.08. The van der Waals surface area contributed by atoms with Crippen LogP contribution in [0.25, 0.3) is 11.4 Å². The standard InChI is InChI=1S/C18H24N2/c1-3-5-9-15-11-7-13-19-17(15)18-16(10-6-4-2)12-8-14-20-18/h7-8,11-14H,3-6,9-10H2,1-2H3. The summed E-state index contributed by atoms with van der Waals surface area (Å²) in [6, 6.07) is 8.44. The number of rotatable bonds is 7. The summed E-state index contributed by atoms with van der Waals surface area (Å²) in [4.78, 5) is 9.22. The Balaban J connectivity index is 2.35. The molecule has 0 aromatic carbocycles. The number of hydrogen-bond acceptors (Lipinski definition) is 2. The Labute approximate surface area is 122 Å². The number of hydrogen-bond donors (Lipinski definition) is 0. The molecule has 2 aromatic rings. The van der Waals surface area contributed by atoms with Gasteiger partial charge in [0.2, 0.25) is 0 Å². The van der Waals surface area contributed by atoms with Crippen LogP contribution in [-0.2, 0) is 12.8 Å². The number of aryl methyl sites for hydroxylation is 2. The molecule has 2 rings (SSSR count). The predicted molar refractivity (Wildman–Crippen MR) is 84.7 cm³/mol. The van der Waals surface area contributed by atoms with Gasteiger partial charge in [0.05, 0.1) is 11.4 Å². The van der Waals surface area contributed by atoms with Crippen LogP contribution in [0, 0.1) is 0 Å². The lowest BCUT2D eigenvalue weighted by Crippen LogP contribution is -1.99. The molecule has 2 heterocycles. The smallest absolute Gasteiger partial charge is 0.0920 e. The third-order valence-corrected chi connectivity index (χ3v) is 3.61. The van der Waals surface area contributed by atoms with E-state index in [0.29, 0.717) is 0 Å². The van der Waals surface area contributed by atoms with Crippen molar-refractivity contribution in [2.75, 3.05) is 0 Å². The first-order valence-corrected chi connectivity index (χ1v) is 7.75. The van der Waals surface area contributed by atoms with Crippen molar-refractivity contribution in [3.63, 3.8) is 0 Å². The summed E-state index contributed by atoms with van der Waals surface area (Å²) >= 11 is 0. The third-order valence-electron chi connectivity index (χ3n) is 3.61. The zero-order chi connectivity index (χ0) is 14.2. The highest BCUT2D eigenvalue weighted by molar-refractivity contribution is 5.62. The van der Waals surface area contributed by atoms with E-state index in [1.807, 2.05) is 24.5 Å². The molecule has 0 saturated carbocycles. The molecular formula is C18H24N2. The van der Waals surface area contributed by atoms with Gasteiger partial charge >= 0.3 is 0 Å². The largest absolute Gasteiger partial charge is 0.254 e. The van der Waals surface area contributed by atoms with Crippen LogP contribution in [0.15, 0.2) is 36.7 Å². The third kappa shape index (κ3) is 3.66. The van der Waals surface area contributed by atoms with Gasteiger partial charge in [-0.15, -0.1) is 0 Å². The van der Waals surface area contributed by atoms with E-state index in [0.717, 1.165) is 24.2 Å². The molecule has 2 nitrogen and oxygen atoms in total. The van der Waals surface area contributed by atoms with Crippen molar-refractivity contribution in [3.8, 4) is 11.4 Å². The molecule has 0 aliphatic carbocycles. The van der Waals surface area contributed by atoms with Crippen LogP contribution in [0.1, 0.15) is 50.7 Å². The Kier molecular flexibility index (Phi) is 5.72. The summed E-state index contributed by atoms with van der Waals surface area (Å²) in [5.74, 6) is 0. The van der Waals surface area contributed by atoms with E-state index in [4.69, 9.17) is 0 Å². The topological polar surface area (TPSA) is 25.8 Å². The molecule has 0 atom stereocenters. The van der Waals surface area contributed by atoms with E-state index in [2.05, 4.69) is 35.9 Å². The minimum Gasteiger partial charge on any atom is -0.254 e. The molecule has 2 heteroatoms. The van der Waals surface area contributed by atoms with Crippen LogP contribution < -0.4 is 0 Å². The molecule has 0 aliphatic heterocycles. The van der Waals surface area contributed by atoms with Gasteiger partial charge in [0.1, 0.15) is 0 Å². The Hall–Kier alpha value is -1.70. The fourth-order valence-corrected chi connectivity index (χ4v) is 2.44. The number of nitrogens with zero attached hydrogens (tertiary/aromatic N) is 2. The zero-order valence-corrected chi connectivity index (χ0v) is 12.6. The van der Waals surface area contributed by atoms with Gasteiger partial charge in [-0.25, -0.2) is 0 Å². The van der Waals surface area contributed by atoms with E-state index in [9.17, 15) is 0 Å². The lowest BCUT2D eigenvalue weighted by atomic mass is 9.99. The molecule has 20 heavy (non-hydrogen) atoms. The molecule has 0 saturated heterocycles. The van der Waals surface area contributed by atoms with E-state index < -0.39 is 0 Å². The maximum atomic E-state index is 4.61. The summed E-state index contributed by atoms with van der Waals surface area (Å²) < 4.78 is 0. The Morgan fingerprint density at radius 2 is 1.20 bits per heavy atom. The molecule has 106 valence electrons. The minimum absolute atomic E-state index is 1.08. The highest BCUT2D eigenvalue weighted by atomic mass is 14.8. The van der Waals surface area contributed by atoms with E-state index in [1.165, 1.54) is 36.8 Å². The maximum absolute atomic E-state index is 4.61. The average Bonchev–Trinajstić information content (AvgIpc) is 2.51. The highest BCUT2D eigenvalue weighted by Gasteiger charge is 2.11. The van der Waals surface area contributed by atoms with Crippen molar-refractivity contribution in [1.82, 2.24) is 9.97 Å². The average molecular weight is 268 g/mol. The lowest BCUT2D eigenvalue weighted by molar-refractivity contribution is 0.786. The van der Waals surface area contributed by atoms with Crippen molar-refractivity contribution in [3.05, 3.63) is 47.8 Å². The summed E-state index contributed by atoms with van der Waals surface area (Å²) in [7, 11) is 0. The number of pyridine rings is 2. The quantitative estimate of drug-likeness (QED) is 0.719. The van der Waals surface area contributed by atoms with Gasteiger partial charge < -0.3 is 0 Å². The van der Waals surface area contributed by atoms with Gasteiger partial charge in [0.25, 0.3) is 0 Å². The van der Waals surface area contributed by atoms with Crippen molar-refractivity contribution < 1.29 is 0 Å². The second-order valence-electron chi connectivity index (χ2n) is 5.23. The first kappa shape index (κ1) is 14.7. The molecular weight excluding hydrogens is 244 g/mol. The SMILES string of the molecule is CCCCc1cccnc1-c1ncccc1CCCC. The molecule has 2 aromatic heterocycles. The van der Waals surface area contributed by atoms with Crippen molar-refractivity contribution in [2.45, 2.75) is 52.4 Å². The molecule has 0 radical (unpaired) electrons. The second-order valence-corrected chi connectivity index (χ2v) is 5.23. The van der Waals surface area contributed by atoms with Gasteiger partial charge in [0.15, 0.2) is 0 Å². The fourth-order valence-electron chi connectivity index (χ4n) is 2.44. The molecule has 0 aliphatic rings. The van der Waals surface area contributed by atoms with Gasteiger partial charge in [-0.05, 0) is 48.9 Å². The molecule has 0 amide bonds. The van der Waals surface area contributed by atoms with E-state index in [1.54, 1.807) is 0 Å². The fraction of sp³-hybridized carbons (Fsp3) is 0.444. The van der Waals surface area contributed by atoms with Crippen LogP contribution in [-0.4, -0.2) is 9.97 Å². The molecule has 0 spiro atoms.